The molecular formula is C24H24N2O2S2. The molecule has 1 fully saturated rings. The van der Waals surface area contributed by atoms with Crippen LogP contribution >= 0.6 is 11.8 Å². The van der Waals surface area contributed by atoms with E-state index in [4.69, 9.17) is 4.74 Å². The molecule has 1 atom stereocenters. The van der Waals surface area contributed by atoms with Crippen LogP contribution in [0.4, 0.5) is 11.4 Å². The molecule has 30 heavy (non-hydrogen) atoms. The van der Waals surface area contributed by atoms with E-state index in [1.54, 1.807) is 11.8 Å². The van der Waals surface area contributed by atoms with Crippen LogP contribution in [-0.4, -0.2) is 17.3 Å². The van der Waals surface area contributed by atoms with Gasteiger partial charge in [-0.3, -0.25) is 4.72 Å². The Hall–Kier alpha value is -2.44. The zero-order valence-electron chi connectivity index (χ0n) is 16.7. The molecular weight excluding hydrogens is 412 g/mol. The first-order valence-electron chi connectivity index (χ1n) is 10.3. The molecule has 3 aromatic carbocycles. The molecule has 2 heterocycles. The van der Waals surface area contributed by atoms with Gasteiger partial charge in [-0.15, -0.1) is 11.8 Å². The molecule has 0 bridgehead atoms. The number of hydrogen-bond donors (Lipinski definition) is 1. The normalized spacial score (nSPS) is 17.9. The van der Waals surface area contributed by atoms with Crippen molar-refractivity contribution in [1.82, 2.24) is 0 Å². The molecule has 6 heteroatoms. The van der Waals surface area contributed by atoms with Gasteiger partial charge in [0.25, 0.3) is 0 Å². The fourth-order valence-electron chi connectivity index (χ4n) is 3.92. The van der Waals surface area contributed by atoms with Crippen LogP contribution in [0, 0.1) is 0 Å². The van der Waals surface area contributed by atoms with E-state index in [2.05, 4.69) is 40.0 Å². The van der Waals surface area contributed by atoms with Crippen molar-refractivity contribution in [3.63, 3.8) is 0 Å². The van der Waals surface area contributed by atoms with E-state index >= 15 is 0 Å². The Labute approximate surface area is 184 Å². The monoisotopic (exact) mass is 436 g/mol. The third-order valence-corrected chi connectivity index (χ3v) is 7.67. The van der Waals surface area contributed by atoms with Gasteiger partial charge in [-0.1, -0.05) is 36.4 Å². The van der Waals surface area contributed by atoms with E-state index < -0.39 is 11.0 Å². The van der Waals surface area contributed by atoms with Crippen molar-refractivity contribution in [2.24, 2.45) is 0 Å². The van der Waals surface area contributed by atoms with Gasteiger partial charge in [-0.2, -0.15) is 0 Å². The summed E-state index contributed by atoms with van der Waals surface area (Å²) in [6.45, 7) is 2.05. The molecule has 1 unspecified atom stereocenters. The number of benzene rings is 3. The number of nitrogens with zero attached hydrogens (tertiary/aromatic N) is 1. The Kier molecular flexibility index (Phi) is 5.69. The first-order valence-corrected chi connectivity index (χ1v) is 12.5. The predicted octanol–water partition coefficient (Wildman–Crippen LogP) is 6.21. The number of thioether (sulfide) groups is 1. The largest absolute Gasteiger partial charge is 0.454 e. The van der Waals surface area contributed by atoms with Crippen LogP contribution in [0.2, 0.25) is 0 Å². The number of nitrogens with one attached hydrogen (secondary N) is 1. The molecule has 0 aliphatic carbocycles. The zero-order chi connectivity index (χ0) is 20.3. The van der Waals surface area contributed by atoms with E-state index in [9.17, 15) is 4.21 Å². The number of fused-ring (bicyclic) bond motifs is 2. The highest BCUT2D eigenvalue weighted by atomic mass is 32.2. The third-order valence-electron chi connectivity index (χ3n) is 5.48. The lowest BCUT2D eigenvalue weighted by Gasteiger charge is -2.30. The molecule has 0 radical (unpaired) electrons. The van der Waals surface area contributed by atoms with Gasteiger partial charge in [-0.05, 0) is 55.2 Å². The summed E-state index contributed by atoms with van der Waals surface area (Å²) in [5.74, 6) is 2.28. The summed E-state index contributed by atoms with van der Waals surface area (Å²) in [4.78, 5) is 4.15. The maximum atomic E-state index is 13.1. The maximum absolute atomic E-state index is 13.1. The minimum atomic E-state index is -1.37. The van der Waals surface area contributed by atoms with Crippen molar-refractivity contribution in [2.75, 3.05) is 22.7 Å². The standard InChI is InChI=1S/C24H24N2O2S2/c27-30-23-13-12-19(29-17-18-8-3-1-4-9-18)16-22(23)28-21-11-7-10-20(24(21)25-30)26-14-5-2-6-15-26/h1,3-4,7-13,16,25H,2,5-6,14-15,17H2. The number of rotatable bonds is 4. The predicted molar refractivity (Wildman–Crippen MR) is 125 cm³/mol. The molecule has 0 aromatic heterocycles. The summed E-state index contributed by atoms with van der Waals surface area (Å²) in [7, 11) is -1.37. The van der Waals surface area contributed by atoms with Gasteiger partial charge < -0.3 is 9.64 Å². The molecule has 1 saturated heterocycles. The molecule has 0 spiro atoms. The number of hydrogen-bond acceptors (Lipinski definition) is 4. The van der Waals surface area contributed by atoms with Crippen molar-refractivity contribution in [1.29, 1.82) is 0 Å². The van der Waals surface area contributed by atoms with E-state index in [-0.39, 0.29) is 0 Å². The van der Waals surface area contributed by atoms with Crippen LogP contribution in [0.25, 0.3) is 0 Å². The van der Waals surface area contributed by atoms with E-state index in [1.807, 2.05) is 36.4 Å². The fraction of sp³-hybridized carbons (Fsp3) is 0.250. The van der Waals surface area contributed by atoms with E-state index in [1.165, 1.54) is 24.8 Å². The van der Waals surface area contributed by atoms with Gasteiger partial charge in [0.2, 0.25) is 0 Å². The topological polar surface area (TPSA) is 41.6 Å². The second-order valence-corrected chi connectivity index (χ2v) is 9.78. The smallest absolute Gasteiger partial charge is 0.154 e. The number of para-hydroxylation sites is 1. The quantitative estimate of drug-likeness (QED) is 0.494. The average molecular weight is 437 g/mol. The molecule has 5 rings (SSSR count). The minimum absolute atomic E-state index is 0.661. The maximum Gasteiger partial charge on any atom is 0.154 e. The van der Waals surface area contributed by atoms with Crippen LogP contribution in [0.1, 0.15) is 24.8 Å². The minimum Gasteiger partial charge on any atom is -0.454 e. The SMILES string of the molecule is O=S1Nc2c(cccc2N2CCCCC2)Oc2cc(SCc3ccccc3)ccc21. The van der Waals surface area contributed by atoms with Gasteiger partial charge in [0.15, 0.2) is 16.7 Å². The summed E-state index contributed by atoms with van der Waals surface area (Å²) < 4.78 is 22.6. The molecule has 2 aliphatic heterocycles. The van der Waals surface area contributed by atoms with Crippen molar-refractivity contribution in [3.8, 4) is 11.5 Å². The Morgan fingerprint density at radius 3 is 2.60 bits per heavy atom. The Morgan fingerprint density at radius 2 is 1.77 bits per heavy atom. The van der Waals surface area contributed by atoms with E-state index in [0.29, 0.717) is 10.6 Å². The molecule has 3 aromatic rings. The first-order chi connectivity index (χ1) is 14.8. The van der Waals surface area contributed by atoms with Gasteiger partial charge in [0, 0.05) is 23.7 Å². The fourth-order valence-corrected chi connectivity index (χ4v) is 5.78. The highest BCUT2D eigenvalue weighted by Gasteiger charge is 2.25. The number of ether oxygens (including phenoxy) is 1. The molecule has 0 amide bonds. The number of anilines is 2. The Balaban J connectivity index is 1.43. The van der Waals surface area contributed by atoms with Crippen LogP contribution in [0.3, 0.4) is 0 Å². The Bertz CT molecular complexity index is 1070. The van der Waals surface area contributed by atoms with Gasteiger partial charge in [-0.25, -0.2) is 4.21 Å². The van der Waals surface area contributed by atoms with Crippen LogP contribution in [0.15, 0.2) is 76.5 Å². The summed E-state index contributed by atoms with van der Waals surface area (Å²) in [6, 6.07) is 22.4. The average Bonchev–Trinajstić information content (AvgIpc) is 2.94. The lowest BCUT2D eigenvalue weighted by molar-refractivity contribution is 0.472. The molecule has 154 valence electrons. The highest BCUT2D eigenvalue weighted by molar-refractivity contribution is 7.98. The second-order valence-electron chi connectivity index (χ2n) is 7.55. The highest BCUT2D eigenvalue weighted by Crippen LogP contribution is 2.44. The summed E-state index contributed by atoms with van der Waals surface area (Å²) in [5, 5.41) is 0. The van der Waals surface area contributed by atoms with Gasteiger partial charge >= 0.3 is 0 Å². The van der Waals surface area contributed by atoms with Crippen LogP contribution in [-0.2, 0) is 16.7 Å². The first kappa shape index (κ1) is 19.5. The van der Waals surface area contributed by atoms with Crippen LogP contribution < -0.4 is 14.4 Å². The van der Waals surface area contributed by atoms with Crippen molar-refractivity contribution in [3.05, 3.63) is 72.3 Å². The van der Waals surface area contributed by atoms with E-state index in [0.717, 1.165) is 40.9 Å². The lowest BCUT2D eigenvalue weighted by Crippen LogP contribution is -2.30. The molecule has 4 nitrogen and oxygen atoms in total. The summed E-state index contributed by atoms with van der Waals surface area (Å²) >= 11 is 1.75. The van der Waals surface area contributed by atoms with Crippen molar-refractivity contribution in [2.45, 2.75) is 34.8 Å². The number of piperidine rings is 1. The summed E-state index contributed by atoms with van der Waals surface area (Å²) in [5.41, 5.74) is 3.18. The summed E-state index contributed by atoms with van der Waals surface area (Å²) in [6.07, 6.45) is 3.65. The zero-order valence-corrected chi connectivity index (χ0v) is 18.3. The van der Waals surface area contributed by atoms with Gasteiger partial charge in [0.05, 0.1) is 5.69 Å². The second kappa shape index (κ2) is 8.74. The molecule has 2 aliphatic rings. The third kappa shape index (κ3) is 4.07. The lowest BCUT2D eigenvalue weighted by atomic mass is 10.1. The molecule has 0 saturated carbocycles. The Morgan fingerprint density at radius 1 is 0.933 bits per heavy atom. The molecule has 1 N–H and O–H groups in total. The van der Waals surface area contributed by atoms with Gasteiger partial charge in [0.1, 0.15) is 16.3 Å². The van der Waals surface area contributed by atoms with Crippen molar-refractivity contribution < 1.29 is 8.95 Å². The van der Waals surface area contributed by atoms with Crippen LogP contribution in [0.5, 0.6) is 11.5 Å². The van der Waals surface area contributed by atoms with Crippen molar-refractivity contribution >= 4 is 34.1 Å².